The smallest absolute Gasteiger partial charge is 0.274 e. The van der Waals surface area contributed by atoms with Crippen LogP contribution in [0.2, 0.25) is 0 Å². The van der Waals surface area contributed by atoms with Crippen LogP contribution in [-0.4, -0.2) is 37.0 Å². The van der Waals surface area contributed by atoms with Crippen LogP contribution in [0.4, 0.5) is 5.82 Å². The van der Waals surface area contributed by atoms with E-state index in [0.717, 1.165) is 44.0 Å². The number of pyridine rings is 1. The Bertz CT molecular complexity index is 622. The molecule has 2 aromatic rings. The van der Waals surface area contributed by atoms with Gasteiger partial charge in [0.25, 0.3) is 5.82 Å². The van der Waals surface area contributed by atoms with Gasteiger partial charge in [-0.2, -0.15) is 0 Å². The van der Waals surface area contributed by atoms with Gasteiger partial charge in [0.15, 0.2) is 0 Å². The van der Waals surface area contributed by atoms with Gasteiger partial charge in [0.05, 0.1) is 25.2 Å². The monoisotopic (exact) mass is 310 g/mol. The molecule has 1 aliphatic rings. The van der Waals surface area contributed by atoms with E-state index in [1.54, 1.807) is 0 Å². The summed E-state index contributed by atoms with van der Waals surface area (Å²) in [6.45, 7) is 5.40. The number of amides is 1. The lowest BCUT2D eigenvalue weighted by molar-refractivity contribution is -0.364. The number of aromatic nitrogens is 1. The zero-order valence-corrected chi connectivity index (χ0v) is 13.6. The topological polar surface area (TPSA) is 37.7 Å². The molecule has 120 valence electrons. The number of rotatable bonds is 4. The quantitative estimate of drug-likeness (QED) is 0.869. The van der Waals surface area contributed by atoms with E-state index < -0.39 is 0 Å². The number of nitrogens with one attached hydrogen (secondary N) is 1. The minimum atomic E-state index is -0.0222. The number of H-pyrrole nitrogens is 1. The van der Waals surface area contributed by atoms with Crippen molar-refractivity contribution < 1.29 is 9.78 Å². The molecule has 1 aliphatic heterocycles. The number of nitrogens with zero attached hydrogens (tertiary/aromatic N) is 2. The third-order valence-electron chi connectivity index (χ3n) is 4.53. The maximum Gasteiger partial charge on any atom is 0.274 e. The van der Waals surface area contributed by atoms with Gasteiger partial charge >= 0.3 is 0 Å². The number of aromatic amines is 1. The summed E-state index contributed by atoms with van der Waals surface area (Å²) in [5.41, 5.74) is 1.12. The average molecular weight is 310 g/mol. The van der Waals surface area contributed by atoms with Gasteiger partial charge in [0, 0.05) is 6.07 Å². The summed E-state index contributed by atoms with van der Waals surface area (Å²) >= 11 is 0. The summed E-state index contributed by atoms with van der Waals surface area (Å²) < 4.78 is 0. The fraction of sp³-hybridized carbons (Fsp3) is 0.368. The summed E-state index contributed by atoms with van der Waals surface area (Å²) in [4.78, 5) is 20.5. The van der Waals surface area contributed by atoms with Crippen LogP contribution in [-0.2, 0) is 4.79 Å². The van der Waals surface area contributed by atoms with Crippen molar-refractivity contribution in [3.8, 4) is 0 Å². The second kappa shape index (κ2) is 7.27. The predicted molar refractivity (Wildman–Crippen MR) is 91.3 cm³/mol. The lowest BCUT2D eigenvalue weighted by Gasteiger charge is -2.33. The number of anilines is 1. The zero-order chi connectivity index (χ0) is 16.1. The van der Waals surface area contributed by atoms with Crippen LogP contribution >= 0.6 is 0 Å². The van der Waals surface area contributed by atoms with E-state index in [2.05, 4.69) is 35.0 Å². The average Bonchev–Trinajstić information content (AvgIpc) is 2.64. The molecule has 1 fully saturated rings. The Morgan fingerprint density at radius 1 is 1.04 bits per heavy atom. The molecule has 1 atom stereocenters. The Kier molecular flexibility index (Phi) is 4.91. The van der Waals surface area contributed by atoms with Crippen LogP contribution in [0.15, 0.2) is 54.7 Å². The van der Waals surface area contributed by atoms with E-state index >= 15 is 0 Å². The van der Waals surface area contributed by atoms with Crippen LogP contribution in [0.25, 0.3) is 0 Å². The van der Waals surface area contributed by atoms with Crippen molar-refractivity contribution in [3.05, 3.63) is 60.3 Å². The minimum Gasteiger partial charge on any atom is -0.334 e. The van der Waals surface area contributed by atoms with E-state index in [4.69, 9.17) is 0 Å². The third kappa shape index (κ3) is 3.52. The Hall–Kier alpha value is -2.36. The fourth-order valence-corrected chi connectivity index (χ4v) is 3.21. The summed E-state index contributed by atoms with van der Waals surface area (Å²) in [5, 5.41) is 0. The van der Waals surface area contributed by atoms with Crippen molar-refractivity contribution in [3.63, 3.8) is 0 Å². The largest absolute Gasteiger partial charge is 0.334 e. The number of benzene rings is 1. The van der Waals surface area contributed by atoms with Crippen LogP contribution in [0.1, 0.15) is 24.8 Å². The number of carbonyl (C=O) groups excluding carboxylic acids is 1. The molecule has 1 amide bonds. The summed E-state index contributed by atoms with van der Waals surface area (Å²) in [6, 6.07) is 16.2. The molecule has 0 bridgehead atoms. The predicted octanol–water partition coefficient (Wildman–Crippen LogP) is 2.34. The number of carbonyl (C=O) groups is 1. The molecule has 0 unspecified atom stereocenters. The highest BCUT2D eigenvalue weighted by molar-refractivity contribution is 5.84. The van der Waals surface area contributed by atoms with Crippen molar-refractivity contribution in [1.29, 1.82) is 0 Å². The van der Waals surface area contributed by atoms with Gasteiger partial charge in [-0.15, -0.1) is 0 Å². The molecule has 4 heteroatoms. The zero-order valence-electron chi connectivity index (χ0n) is 13.6. The first-order valence-electron chi connectivity index (χ1n) is 8.35. The highest BCUT2D eigenvalue weighted by atomic mass is 16.2. The highest BCUT2D eigenvalue weighted by Gasteiger charge is 2.30. The van der Waals surface area contributed by atoms with Crippen molar-refractivity contribution in [1.82, 2.24) is 4.90 Å². The molecule has 0 saturated carbocycles. The molecule has 1 saturated heterocycles. The second-order valence-electron chi connectivity index (χ2n) is 5.93. The van der Waals surface area contributed by atoms with Crippen LogP contribution in [0, 0.1) is 0 Å². The van der Waals surface area contributed by atoms with Crippen LogP contribution in [0.5, 0.6) is 0 Å². The first-order valence-corrected chi connectivity index (χ1v) is 8.35. The van der Waals surface area contributed by atoms with Gasteiger partial charge in [-0.1, -0.05) is 43.3 Å². The van der Waals surface area contributed by atoms with Gasteiger partial charge in [0.2, 0.25) is 5.91 Å². The highest BCUT2D eigenvalue weighted by Crippen LogP contribution is 2.23. The number of piperazine rings is 1. The Labute approximate surface area is 137 Å². The summed E-state index contributed by atoms with van der Waals surface area (Å²) in [7, 11) is 0. The normalized spacial score (nSPS) is 16.2. The third-order valence-corrected chi connectivity index (χ3v) is 4.53. The molecular formula is C19H24N3O+. The number of hydrogen-bond donors (Lipinski definition) is 0. The molecule has 1 aromatic carbocycles. The lowest BCUT2D eigenvalue weighted by atomic mass is 9.95. The van der Waals surface area contributed by atoms with Crippen LogP contribution < -0.4 is 9.88 Å². The molecule has 2 heterocycles. The van der Waals surface area contributed by atoms with E-state index in [1.807, 2.05) is 41.4 Å². The molecule has 23 heavy (non-hydrogen) atoms. The first kappa shape index (κ1) is 15.5. The molecule has 3 rings (SSSR count). The van der Waals surface area contributed by atoms with Crippen molar-refractivity contribution in [2.24, 2.45) is 0 Å². The fourth-order valence-electron chi connectivity index (χ4n) is 3.21. The molecule has 1 N–H and O–H groups in total. The summed E-state index contributed by atoms with van der Waals surface area (Å²) in [6.07, 6.45) is 2.78. The minimum absolute atomic E-state index is 0.0222. The van der Waals surface area contributed by atoms with Gasteiger partial charge in [0.1, 0.15) is 13.1 Å². The van der Waals surface area contributed by atoms with Gasteiger partial charge in [-0.25, -0.2) is 4.98 Å². The van der Waals surface area contributed by atoms with Crippen LogP contribution in [0.3, 0.4) is 0 Å². The maximum absolute atomic E-state index is 12.9. The van der Waals surface area contributed by atoms with E-state index in [9.17, 15) is 4.79 Å². The Morgan fingerprint density at radius 2 is 1.74 bits per heavy atom. The maximum atomic E-state index is 12.9. The van der Waals surface area contributed by atoms with Gasteiger partial charge in [-0.05, 0) is 18.1 Å². The van der Waals surface area contributed by atoms with Crippen molar-refractivity contribution >= 4 is 11.7 Å². The molecule has 0 aliphatic carbocycles. The van der Waals surface area contributed by atoms with Gasteiger partial charge < -0.3 is 4.90 Å². The standard InChI is InChI=1S/C19H23N3O/c1-2-17(16-8-4-3-5-9-16)19(23)22-14-12-21(13-15-22)18-10-6-7-11-20-18/h3-11,17H,2,12-15H2,1H3/p+1/t17-/m1/s1. The molecule has 0 spiro atoms. The second-order valence-corrected chi connectivity index (χ2v) is 5.93. The molecule has 4 nitrogen and oxygen atoms in total. The van der Waals surface area contributed by atoms with E-state index in [0.29, 0.717) is 0 Å². The first-order chi connectivity index (χ1) is 11.3. The van der Waals surface area contributed by atoms with Crippen molar-refractivity contribution in [2.45, 2.75) is 19.3 Å². The van der Waals surface area contributed by atoms with E-state index in [1.165, 1.54) is 0 Å². The van der Waals surface area contributed by atoms with Gasteiger partial charge in [-0.3, -0.25) is 9.69 Å². The Balaban J connectivity index is 1.64. The van der Waals surface area contributed by atoms with Crippen molar-refractivity contribution in [2.75, 3.05) is 31.1 Å². The molecule has 0 radical (unpaired) electrons. The lowest BCUT2D eigenvalue weighted by Crippen LogP contribution is -2.51. The van der Waals surface area contributed by atoms with E-state index in [-0.39, 0.29) is 11.8 Å². The molecule has 1 aromatic heterocycles. The Morgan fingerprint density at radius 3 is 2.35 bits per heavy atom. The molecular weight excluding hydrogens is 286 g/mol. The summed E-state index contributed by atoms with van der Waals surface area (Å²) in [5.74, 6) is 1.36. The SMILES string of the molecule is CC[C@@H](C(=O)N1CCN(c2cccc[nH+]2)CC1)c1ccccc1. The number of hydrogen-bond acceptors (Lipinski definition) is 2.